The lowest BCUT2D eigenvalue weighted by Gasteiger charge is -2.28. The number of fused-ring (bicyclic) bond motifs is 3. The molecule has 4 aromatic rings. The second-order valence-electron chi connectivity index (χ2n) is 7.99. The molecule has 1 aromatic carbocycles. The highest BCUT2D eigenvalue weighted by Gasteiger charge is 2.23. The number of pyridine rings is 2. The quantitative estimate of drug-likeness (QED) is 0.483. The van der Waals surface area contributed by atoms with Gasteiger partial charge in [0.25, 0.3) is 0 Å². The summed E-state index contributed by atoms with van der Waals surface area (Å²) in [6, 6.07) is 17.2. The maximum absolute atomic E-state index is 5.00. The molecule has 5 nitrogen and oxygen atoms in total. The molecule has 0 saturated heterocycles. The number of benzene rings is 1. The molecule has 0 N–H and O–H groups in total. The minimum Gasteiger partial charge on any atom is -0.355 e. The van der Waals surface area contributed by atoms with Gasteiger partial charge in [0, 0.05) is 54.1 Å². The standard InChI is InChI=1S/C25H25N5/c1-5-22-21(7-6-10-26-22)18-8-9-19-15-29(4)25-14-23(28-30(25)24(19)13-18)20-11-16(2)27-17(3)12-20/h6-14H,5,15H2,1-4H3. The van der Waals surface area contributed by atoms with Crippen molar-refractivity contribution in [3.8, 4) is 28.1 Å². The summed E-state index contributed by atoms with van der Waals surface area (Å²) < 4.78 is 2.07. The Morgan fingerprint density at radius 2 is 1.77 bits per heavy atom. The smallest absolute Gasteiger partial charge is 0.133 e. The molecule has 30 heavy (non-hydrogen) atoms. The number of aryl methyl sites for hydroxylation is 3. The fourth-order valence-corrected chi connectivity index (χ4v) is 4.33. The summed E-state index contributed by atoms with van der Waals surface area (Å²) in [7, 11) is 2.12. The fraction of sp³-hybridized carbons (Fsp3) is 0.240. The first-order chi connectivity index (χ1) is 14.5. The molecule has 5 rings (SSSR count). The molecule has 150 valence electrons. The van der Waals surface area contributed by atoms with Crippen molar-refractivity contribution in [2.24, 2.45) is 0 Å². The van der Waals surface area contributed by atoms with E-state index in [1.807, 2.05) is 26.1 Å². The van der Waals surface area contributed by atoms with Crippen molar-refractivity contribution in [3.63, 3.8) is 0 Å². The molecule has 0 atom stereocenters. The second kappa shape index (κ2) is 7.10. The Kier molecular flexibility index (Phi) is 4.39. The van der Waals surface area contributed by atoms with Crippen LogP contribution in [-0.4, -0.2) is 26.8 Å². The minimum atomic E-state index is 0.864. The zero-order valence-electron chi connectivity index (χ0n) is 17.8. The van der Waals surface area contributed by atoms with E-state index in [2.05, 4.69) is 76.0 Å². The maximum atomic E-state index is 5.00. The van der Waals surface area contributed by atoms with Crippen LogP contribution in [0.15, 0.2) is 54.7 Å². The molecule has 4 heterocycles. The number of aromatic nitrogens is 4. The van der Waals surface area contributed by atoms with Crippen molar-refractivity contribution < 1.29 is 0 Å². The Labute approximate surface area is 177 Å². The summed E-state index contributed by atoms with van der Waals surface area (Å²) in [5.41, 5.74) is 10.00. The summed E-state index contributed by atoms with van der Waals surface area (Å²) in [5, 5.41) is 5.00. The van der Waals surface area contributed by atoms with Gasteiger partial charge in [0.2, 0.25) is 0 Å². The topological polar surface area (TPSA) is 46.8 Å². The maximum Gasteiger partial charge on any atom is 0.133 e. The van der Waals surface area contributed by atoms with Crippen LogP contribution in [0.3, 0.4) is 0 Å². The van der Waals surface area contributed by atoms with Crippen LogP contribution in [0.1, 0.15) is 29.6 Å². The molecule has 0 amide bonds. The van der Waals surface area contributed by atoms with Crippen LogP contribution in [0, 0.1) is 13.8 Å². The average Bonchev–Trinajstić information content (AvgIpc) is 3.19. The number of hydrogen-bond donors (Lipinski definition) is 0. The Balaban J connectivity index is 1.65. The molecule has 5 heteroatoms. The Hall–Kier alpha value is -3.47. The van der Waals surface area contributed by atoms with Crippen molar-refractivity contribution in [2.45, 2.75) is 33.7 Å². The first-order valence-electron chi connectivity index (χ1n) is 10.4. The Morgan fingerprint density at radius 1 is 0.967 bits per heavy atom. The van der Waals surface area contributed by atoms with E-state index in [1.165, 1.54) is 16.7 Å². The van der Waals surface area contributed by atoms with Crippen LogP contribution in [0.4, 0.5) is 5.82 Å². The van der Waals surface area contributed by atoms with Gasteiger partial charge in [-0.15, -0.1) is 0 Å². The molecule has 3 aromatic heterocycles. The van der Waals surface area contributed by atoms with E-state index in [0.29, 0.717) is 0 Å². The highest BCUT2D eigenvalue weighted by molar-refractivity contribution is 5.73. The number of nitrogens with zero attached hydrogens (tertiary/aromatic N) is 5. The van der Waals surface area contributed by atoms with Crippen LogP contribution in [0.5, 0.6) is 0 Å². The van der Waals surface area contributed by atoms with Gasteiger partial charge in [-0.1, -0.05) is 25.1 Å². The zero-order chi connectivity index (χ0) is 20.8. The van der Waals surface area contributed by atoms with Gasteiger partial charge in [-0.3, -0.25) is 9.97 Å². The molecule has 0 bridgehead atoms. The van der Waals surface area contributed by atoms with Crippen molar-refractivity contribution >= 4 is 5.82 Å². The minimum absolute atomic E-state index is 0.864. The third-order valence-corrected chi connectivity index (χ3v) is 5.72. The lowest BCUT2D eigenvalue weighted by molar-refractivity contribution is 0.761. The largest absolute Gasteiger partial charge is 0.355 e. The van der Waals surface area contributed by atoms with E-state index in [4.69, 9.17) is 5.10 Å². The van der Waals surface area contributed by atoms with Gasteiger partial charge in [-0.2, -0.15) is 5.10 Å². The predicted octanol–water partition coefficient (Wildman–Crippen LogP) is 5.13. The lowest BCUT2D eigenvalue weighted by atomic mass is 9.99. The van der Waals surface area contributed by atoms with Crippen LogP contribution < -0.4 is 4.90 Å². The molecule has 0 aliphatic carbocycles. The number of anilines is 1. The van der Waals surface area contributed by atoms with Crippen molar-refractivity contribution in [1.82, 2.24) is 19.7 Å². The molecule has 0 radical (unpaired) electrons. The van der Waals surface area contributed by atoms with Crippen LogP contribution in [0.25, 0.3) is 28.1 Å². The van der Waals surface area contributed by atoms with Gasteiger partial charge in [-0.05, 0) is 55.7 Å². The molecular formula is C25H25N5. The van der Waals surface area contributed by atoms with Gasteiger partial charge in [0.1, 0.15) is 5.82 Å². The SMILES string of the molecule is CCc1ncccc1-c1ccc2c(c1)-n1nc(-c3cc(C)nc(C)c3)cc1N(C)C2. The molecular weight excluding hydrogens is 370 g/mol. The van der Waals surface area contributed by atoms with Crippen molar-refractivity contribution in [2.75, 3.05) is 11.9 Å². The average molecular weight is 396 g/mol. The summed E-state index contributed by atoms with van der Waals surface area (Å²) in [4.78, 5) is 11.3. The van der Waals surface area contributed by atoms with Crippen molar-refractivity contribution in [1.29, 1.82) is 0 Å². The highest BCUT2D eigenvalue weighted by atomic mass is 15.4. The first kappa shape index (κ1) is 18.6. The summed E-state index contributed by atoms with van der Waals surface area (Å²) in [6.45, 7) is 7.07. The van der Waals surface area contributed by atoms with Crippen molar-refractivity contribution in [3.05, 3.63) is 77.4 Å². The third-order valence-electron chi connectivity index (χ3n) is 5.72. The summed E-state index contributed by atoms with van der Waals surface area (Å²) in [5.74, 6) is 1.10. The molecule has 1 aliphatic rings. The third kappa shape index (κ3) is 3.07. The van der Waals surface area contributed by atoms with Gasteiger partial charge < -0.3 is 4.90 Å². The van der Waals surface area contributed by atoms with E-state index >= 15 is 0 Å². The summed E-state index contributed by atoms with van der Waals surface area (Å²) >= 11 is 0. The number of hydrogen-bond acceptors (Lipinski definition) is 4. The second-order valence-corrected chi connectivity index (χ2v) is 7.99. The Bertz CT molecular complexity index is 1230. The van der Waals surface area contributed by atoms with Crippen LogP contribution >= 0.6 is 0 Å². The van der Waals surface area contributed by atoms with E-state index in [9.17, 15) is 0 Å². The molecule has 1 aliphatic heterocycles. The Morgan fingerprint density at radius 3 is 2.53 bits per heavy atom. The molecule has 0 unspecified atom stereocenters. The molecule has 0 saturated carbocycles. The molecule has 0 spiro atoms. The van der Waals surface area contributed by atoms with E-state index in [-0.39, 0.29) is 0 Å². The van der Waals surface area contributed by atoms with E-state index in [0.717, 1.165) is 52.8 Å². The first-order valence-corrected chi connectivity index (χ1v) is 10.4. The van der Waals surface area contributed by atoms with Crippen LogP contribution in [-0.2, 0) is 13.0 Å². The lowest BCUT2D eigenvalue weighted by Crippen LogP contribution is -2.25. The zero-order valence-corrected chi connectivity index (χ0v) is 17.8. The predicted molar refractivity (Wildman–Crippen MR) is 121 cm³/mol. The molecule has 0 fully saturated rings. The van der Waals surface area contributed by atoms with E-state index in [1.54, 1.807) is 0 Å². The van der Waals surface area contributed by atoms with Gasteiger partial charge >= 0.3 is 0 Å². The van der Waals surface area contributed by atoms with Crippen LogP contribution in [0.2, 0.25) is 0 Å². The number of rotatable bonds is 3. The van der Waals surface area contributed by atoms with Gasteiger partial charge in [0.15, 0.2) is 0 Å². The monoisotopic (exact) mass is 395 g/mol. The fourth-order valence-electron chi connectivity index (χ4n) is 4.33. The highest BCUT2D eigenvalue weighted by Crippen LogP contribution is 2.35. The normalized spacial score (nSPS) is 12.6. The summed E-state index contributed by atoms with van der Waals surface area (Å²) in [6.07, 6.45) is 2.78. The van der Waals surface area contributed by atoms with Gasteiger partial charge in [0.05, 0.1) is 11.4 Å². The van der Waals surface area contributed by atoms with Gasteiger partial charge in [-0.25, -0.2) is 4.68 Å². The van der Waals surface area contributed by atoms with E-state index < -0.39 is 0 Å².